The SMILES string of the molecule is [2H]C([2H])(NC(=O)c1cc(Cl)c2c(c1C)O[C@](C)(C1CCN(CC3CC3)CC1)O2)c1c(SC)cc(C)[nH]c1=O. The number of aryl methyl sites for hydroxylation is 1. The number of carbonyl (C=O) groups excluding carboxylic acids is 1. The summed E-state index contributed by atoms with van der Waals surface area (Å²) in [5.74, 6) is 0.254. The zero-order valence-electron chi connectivity index (χ0n) is 23.1. The molecule has 194 valence electrons. The van der Waals surface area contributed by atoms with E-state index < -0.39 is 23.8 Å². The second-order valence-electron chi connectivity index (χ2n) is 10.2. The number of hydrogen-bond donors (Lipinski definition) is 2. The van der Waals surface area contributed by atoms with Crippen molar-refractivity contribution >= 4 is 29.3 Å². The number of benzene rings is 1. The standard InChI is InChI=1S/C27H34ClN3O4S/c1-15-11-22(36-4)20(26(33)30-15)13-29-25(32)19-12-21(28)24-23(16(19)2)34-27(3,35-24)18-7-9-31(10-8-18)14-17-5-6-17/h11-12,17-18H,5-10,13-14H2,1-4H3,(H,29,32)(H,30,33)/t27-/m0/s1/i13D2. The van der Waals surface area contributed by atoms with E-state index in [1.165, 1.54) is 37.2 Å². The Hall–Kier alpha value is -2.16. The Morgan fingerprint density at radius 1 is 1.25 bits per heavy atom. The number of ether oxygens (including phenoxy) is 2. The molecule has 2 aromatic rings. The highest BCUT2D eigenvalue weighted by Crippen LogP contribution is 2.51. The molecule has 2 N–H and O–H groups in total. The molecule has 1 amide bonds. The van der Waals surface area contributed by atoms with E-state index in [0.29, 0.717) is 27.7 Å². The van der Waals surface area contributed by atoms with Gasteiger partial charge in [0.1, 0.15) is 0 Å². The fourth-order valence-corrected chi connectivity index (χ4v) is 6.05. The van der Waals surface area contributed by atoms with E-state index in [9.17, 15) is 9.59 Å². The van der Waals surface area contributed by atoms with Gasteiger partial charge in [-0.25, -0.2) is 0 Å². The highest BCUT2D eigenvalue weighted by atomic mass is 35.5. The Bertz CT molecular complexity index is 1320. The predicted molar refractivity (Wildman–Crippen MR) is 142 cm³/mol. The third-order valence-electron chi connectivity index (χ3n) is 7.49. The van der Waals surface area contributed by atoms with Crippen LogP contribution in [-0.2, 0) is 6.50 Å². The number of halogens is 1. The van der Waals surface area contributed by atoms with Gasteiger partial charge in [0.25, 0.3) is 17.3 Å². The van der Waals surface area contributed by atoms with Crippen LogP contribution in [0.1, 0.15) is 62.5 Å². The van der Waals surface area contributed by atoms with E-state index in [2.05, 4.69) is 15.2 Å². The molecule has 1 atom stereocenters. The first-order valence-electron chi connectivity index (χ1n) is 13.5. The van der Waals surface area contributed by atoms with Gasteiger partial charge in [-0.3, -0.25) is 9.59 Å². The molecule has 3 heterocycles. The van der Waals surface area contributed by atoms with E-state index in [-0.39, 0.29) is 22.1 Å². The number of amides is 1. The average Bonchev–Trinajstić information content (AvgIpc) is 3.58. The first-order chi connectivity index (χ1) is 17.9. The lowest BCUT2D eigenvalue weighted by molar-refractivity contribution is -0.125. The van der Waals surface area contributed by atoms with Crippen molar-refractivity contribution in [1.82, 2.24) is 15.2 Å². The van der Waals surface area contributed by atoms with Crippen molar-refractivity contribution in [2.75, 3.05) is 25.9 Å². The maximum atomic E-state index is 13.3. The minimum Gasteiger partial charge on any atom is -0.448 e. The first-order valence-corrected chi connectivity index (χ1v) is 14.1. The molecule has 2 fully saturated rings. The van der Waals surface area contributed by atoms with Gasteiger partial charge in [0.05, 0.1) is 7.76 Å². The van der Waals surface area contributed by atoms with E-state index in [0.717, 1.165) is 31.8 Å². The lowest BCUT2D eigenvalue weighted by atomic mass is 9.89. The third kappa shape index (κ3) is 5.00. The lowest BCUT2D eigenvalue weighted by Gasteiger charge is -2.38. The molecule has 9 heteroatoms. The molecule has 3 aliphatic rings. The number of rotatable bonds is 7. The Kier molecular flexibility index (Phi) is 6.36. The highest BCUT2D eigenvalue weighted by Gasteiger charge is 2.47. The van der Waals surface area contributed by atoms with Gasteiger partial charge in [-0.05, 0) is 76.9 Å². The number of H-pyrrole nitrogens is 1. The van der Waals surface area contributed by atoms with Crippen molar-refractivity contribution in [3.8, 4) is 11.5 Å². The first kappa shape index (κ1) is 23.0. The molecule has 0 unspecified atom stereocenters. The number of hydrogen-bond acceptors (Lipinski definition) is 6. The van der Waals surface area contributed by atoms with Crippen LogP contribution in [0.25, 0.3) is 0 Å². The van der Waals surface area contributed by atoms with E-state index in [4.69, 9.17) is 23.8 Å². The van der Waals surface area contributed by atoms with E-state index >= 15 is 0 Å². The number of nitrogens with zero attached hydrogens (tertiary/aromatic N) is 1. The maximum Gasteiger partial charge on any atom is 0.254 e. The molecule has 0 bridgehead atoms. The quantitative estimate of drug-likeness (QED) is 0.492. The highest BCUT2D eigenvalue weighted by molar-refractivity contribution is 7.98. The zero-order chi connectivity index (χ0) is 27.4. The van der Waals surface area contributed by atoms with Gasteiger partial charge in [0, 0.05) is 53.2 Å². The lowest BCUT2D eigenvalue weighted by Crippen LogP contribution is -2.48. The van der Waals surface area contributed by atoms with Gasteiger partial charge in [-0.15, -0.1) is 11.8 Å². The summed E-state index contributed by atoms with van der Waals surface area (Å²) >= 11 is 7.82. The summed E-state index contributed by atoms with van der Waals surface area (Å²) in [7, 11) is 0. The van der Waals surface area contributed by atoms with Crippen molar-refractivity contribution in [3.63, 3.8) is 0 Å². The molecule has 0 spiro atoms. The molecule has 1 saturated carbocycles. The van der Waals surface area contributed by atoms with Gasteiger partial charge in [0.15, 0.2) is 11.5 Å². The molecule has 36 heavy (non-hydrogen) atoms. The van der Waals surface area contributed by atoms with Crippen LogP contribution in [0.4, 0.5) is 0 Å². The molecule has 0 radical (unpaired) electrons. The van der Waals surface area contributed by atoms with Gasteiger partial charge < -0.3 is 24.7 Å². The molecule has 1 aromatic heterocycles. The molecule has 5 rings (SSSR count). The van der Waals surface area contributed by atoms with E-state index in [1.54, 1.807) is 26.2 Å². The zero-order valence-corrected chi connectivity index (χ0v) is 22.7. The summed E-state index contributed by atoms with van der Waals surface area (Å²) < 4.78 is 29.8. The molecule has 7 nitrogen and oxygen atoms in total. The van der Waals surface area contributed by atoms with Crippen molar-refractivity contribution in [2.24, 2.45) is 11.8 Å². The van der Waals surface area contributed by atoms with Crippen molar-refractivity contribution < 1.29 is 17.0 Å². The summed E-state index contributed by atoms with van der Waals surface area (Å²) in [6.45, 7) is 6.15. The Balaban J connectivity index is 1.35. The molecule has 1 aromatic carbocycles. The molecule has 1 aliphatic carbocycles. The number of aromatic amines is 1. The van der Waals surface area contributed by atoms with Crippen LogP contribution in [0.15, 0.2) is 21.8 Å². The van der Waals surface area contributed by atoms with Gasteiger partial charge >= 0.3 is 0 Å². The van der Waals surface area contributed by atoms with Gasteiger partial charge in [-0.1, -0.05) is 11.6 Å². The number of piperidine rings is 1. The van der Waals surface area contributed by atoms with Crippen LogP contribution in [0.5, 0.6) is 11.5 Å². The fraction of sp³-hybridized carbons (Fsp3) is 0.556. The van der Waals surface area contributed by atoms with Crippen molar-refractivity contribution in [3.05, 3.63) is 49.9 Å². The largest absolute Gasteiger partial charge is 0.448 e. The second-order valence-corrected chi connectivity index (χ2v) is 11.5. The van der Waals surface area contributed by atoms with Crippen LogP contribution in [0.3, 0.4) is 0 Å². The number of aromatic nitrogens is 1. The molecule has 2 aliphatic heterocycles. The van der Waals surface area contributed by atoms with Crippen LogP contribution in [0, 0.1) is 25.7 Å². The minimum atomic E-state index is -2.42. The van der Waals surface area contributed by atoms with Crippen molar-refractivity contribution in [2.45, 2.75) is 63.6 Å². The summed E-state index contributed by atoms with van der Waals surface area (Å²) in [5.41, 5.74) is 0.558. The van der Waals surface area contributed by atoms with Crippen LogP contribution >= 0.6 is 23.4 Å². The normalized spacial score (nSPS) is 23.4. The maximum absolute atomic E-state index is 13.3. The number of thioether (sulfide) groups is 1. The molecular formula is C27H34ClN3O4S. The number of nitrogens with one attached hydrogen (secondary N) is 2. The molecule has 1 saturated heterocycles. The monoisotopic (exact) mass is 533 g/mol. The number of pyridine rings is 1. The summed E-state index contributed by atoms with van der Waals surface area (Å²) in [4.78, 5) is 31.6. The predicted octanol–water partition coefficient (Wildman–Crippen LogP) is 4.91. The average molecular weight is 534 g/mol. The third-order valence-corrected chi connectivity index (χ3v) is 8.53. The van der Waals surface area contributed by atoms with Crippen molar-refractivity contribution in [1.29, 1.82) is 0 Å². The Labute approximate surface area is 224 Å². The topological polar surface area (TPSA) is 83.7 Å². The van der Waals surface area contributed by atoms with Crippen LogP contribution in [-0.4, -0.2) is 47.5 Å². The minimum absolute atomic E-state index is 0.144. The fourth-order valence-electron chi connectivity index (χ4n) is 5.18. The number of fused-ring (bicyclic) bond motifs is 1. The summed E-state index contributed by atoms with van der Waals surface area (Å²) in [5, 5.41) is 2.62. The number of carbonyl (C=O) groups is 1. The number of likely N-dealkylation sites (tertiary alicyclic amines) is 1. The second kappa shape index (κ2) is 9.95. The van der Waals surface area contributed by atoms with Crippen LogP contribution < -0.4 is 20.3 Å². The van der Waals surface area contributed by atoms with Gasteiger partial charge in [-0.2, -0.15) is 0 Å². The smallest absolute Gasteiger partial charge is 0.254 e. The summed E-state index contributed by atoms with van der Waals surface area (Å²) in [6.07, 6.45) is 6.34. The van der Waals surface area contributed by atoms with E-state index in [1.807, 2.05) is 6.92 Å². The Morgan fingerprint density at radius 3 is 2.61 bits per heavy atom. The van der Waals surface area contributed by atoms with Crippen LogP contribution in [0.2, 0.25) is 5.02 Å². The molecular weight excluding hydrogens is 498 g/mol. The summed E-state index contributed by atoms with van der Waals surface area (Å²) in [6, 6.07) is 3.16. The Morgan fingerprint density at radius 2 is 1.94 bits per heavy atom. The van der Waals surface area contributed by atoms with Gasteiger partial charge in [0.2, 0.25) is 0 Å².